The van der Waals surface area contributed by atoms with Crippen LogP contribution in [0.25, 0.3) is 0 Å². The molecule has 1 amide bonds. The Bertz CT molecular complexity index is 474. The van der Waals surface area contributed by atoms with Crippen molar-refractivity contribution in [3.8, 4) is 5.75 Å². The molecule has 1 aromatic carbocycles. The van der Waals surface area contributed by atoms with Crippen LogP contribution in [0, 0.1) is 0 Å². The highest BCUT2D eigenvalue weighted by Crippen LogP contribution is 2.24. The van der Waals surface area contributed by atoms with Gasteiger partial charge in [-0.2, -0.15) is 0 Å². The molecule has 5 N–H and O–H groups in total. The Morgan fingerprint density at radius 2 is 1.85 bits per heavy atom. The highest BCUT2D eigenvalue weighted by molar-refractivity contribution is 5.95. The van der Waals surface area contributed by atoms with Gasteiger partial charge in [-0.05, 0) is 37.6 Å². The van der Waals surface area contributed by atoms with E-state index in [-0.39, 0.29) is 22.9 Å². The third-order valence-corrected chi connectivity index (χ3v) is 2.88. The summed E-state index contributed by atoms with van der Waals surface area (Å²) in [6.07, 6.45) is 3.94. The van der Waals surface area contributed by atoms with Crippen molar-refractivity contribution in [2.75, 3.05) is 11.9 Å². The maximum atomic E-state index is 11.7. The number of benzene rings is 1. The monoisotopic (exact) mass is 280 g/mol. The van der Waals surface area contributed by atoms with Gasteiger partial charge in [0.15, 0.2) is 0 Å². The molecule has 20 heavy (non-hydrogen) atoms. The summed E-state index contributed by atoms with van der Waals surface area (Å²) in [6, 6.07) is 3.77. The molecule has 0 aliphatic rings. The van der Waals surface area contributed by atoms with Gasteiger partial charge in [-0.25, -0.2) is 4.79 Å². The van der Waals surface area contributed by atoms with Gasteiger partial charge in [0.1, 0.15) is 5.75 Å². The molecule has 0 atom stereocenters. The molecule has 0 radical (unpaired) electrons. The summed E-state index contributed by atoms with van der Waals surface area (Å²) in [5.74, 6) is -1.50. The van der Waals surface area contributed by atoms with E-state index >= 15 is 0 Å². The third kappa shape index (κ3) is 5.27. The van der Waals surface area contributed by atoms with Crippen molar-refractivity contribution in [1.82, 2.24) is 0 Å². The van der Waals surface area contributed by atoms with Crippen LogP contribution in [0.2, 0.25) is 0 Å². The number of nitrogens with two attached hydrogens (primary N) is 1. The molecule has 0 heterocycles. The van der Waals surface area contributed by atoms with E-state index in [4.69, 9.17) is 10.8 Å². The van der Waals surface area contributed by atoms with Crippen LogP contribution in [-0.2, 0) is 4.79 Å². The van der Waals surface area contributed by atoms with Gasteiger partial charge in [-0.3, -0.25) is 4.79 Å². The summed E-state index contributed by atoms with van der Waals surface area (Å²) in [5, 5.41) is 21.0. The molecule has 0 bridgehead atoms. The molecule has 0 spiro atoms. The normalized spacial score (nSPS) is 10.2. The number of carbonyl (C=O) groups is 2. The summed E-state index contributed by atoms with van der Waals surface area (Å²) in [7, 11) is 0. The number of carboxylic acids is 1. The first-order valence-corrected chi connectivity index (χ1v) is 6.61. The zero-order chi connectivity index (χ0) is 15.0. The lowest BCUT2D eigenvalue weighted by atomic mass is 10.1. The van der Waals surface area contributed by atoms with Crippen molar-refractivity contribution in [2.45, 2.75) is 32.1 Å². The van der Waals surface area contributed by atoms with Crippen molar-refractivity contribution in [3.63, 3.8) is 0 Å². The first-order valence-electron chi connectivity index (χ1n) is 6.61. The Morgan fingerprint density at radius 3 is 2.50 bits per heavy atom. The number of hydrogen-bond donors (Lipinski definition) is 4. The highest BCUT2D eigenvalue weighted by Gasteiger charge is 2.10. The van der Waals surface area contributed by atoms with Gasteiger partial charge in [0.05, 0.1) is 11.3 Å². The van der Waals surface area contributed by atoms with E-state index in [1.54, 1.807) is 0 Å². The van der Waals surface area contributed by atoms with Crippen molar-refractivity contribution >= 4 is 17.6 Å². The van der Waals surface area contributed by atoms with Crippen molar-refractivity contribution in [1.29, 1.82) is 0 Å². The highest BCUT2D eigenvalue weighted by atomic mass is 16.4. The van der Waals surface area contributed by atoms with E-state index in [0.29, 0.717) is 13.0 Å². The summed E-state index contributed by atoms with van der Waals surface area (Å²) in [6.45, 7) is 0.655. The van der Waals surface area contributed by atoms with Crippen molar-refractivity contribution in [2.24, 2.45) is 5.73 Å². The number of phenolic OH excluding ortho intramolecular Hbond substituents is 1. The second-order valence-electron chi connectivity index (χ2n) is 4.54. The van der Waals surface area contributed by atoms with Gasteiger partial charge < -0.3 is 21.3 Å². The molecular formula is C14H20N2O4. The number of amides is 1. The number of aromatic carboxylic acids is 1. The van der Waals surface area contributed by atoms with E-state index in [9.17, 15) is 14.7 Å². The Kier molecular flexibility index (Phi) is 6.52. The quantitative estimate of drug-likeness (QED) is 0.429. The molecule has 6 heteroatoms. The number of rotatable bonds is 8. The summed E-state index contributed by atoms with van der Waals surface area (Å²) < 4.78 is 0. The number of aromatic hydroxyl groups is 1. The molecule has 0 saturated heterocycles. The number of unbranched alkanes of at least 4 members (excludes halogenated alkanes) is 3. The van der Waals surface area contributed by atoms with E-state index in [1.807, 2.05) is 0 Å². The fourth-order valence-electron chi connectivity index (χ4n) is 1.77. The predicted molar refractivity (Wildman–Crippen MR) is 75.8 cm³/mol. The van der Waals surface area contributed by atoms with Crippen LogP contribution in [-0.4, -0.2) is 28.6 Å². The molecule has 0 aliphatic carbocycles. The summed E-state index contributed by atoms with van der Waals surface area (Å²) in [5.41, 5.74) is 5.51. The topological polar surface area (TPSA) is 113 Å². The number of phenols is 1. The lowest BCUT2D eigenvalue weighted by Gasteiger charge is -2.08. The van der Waals surface area contributed by atoms with Gasteiger partial charge in [-0.1, -0.05) is 12.8 Å². The van der Waals surface area contributed by atoms with Crippen molar-refractivity contribution in [3.05, 3.63) is 23.8 Å². The van der Waals surface area contributed by atoms with E-state index in [1.165, 1.54) is 18.2 Å². The summed E-state index contributed by atoms with van der Waals surface area (Å²) >= 11 is 0. The van der Waals surface area contributed by atoms with E-state index in [2.05, 4.69) is 5.32 Å². The van der Waals surface area contributed by atoms with Gasteiger partial charge in [0.25, 0.3) is 0 Å². The minimum absolute atomic E-state index is 0.0149. The maximum absolute atomic E-state index is 11.7. The molecule has 1 aromatic rings. The lowest BCUT2D eigenvalue weighted by molar-refractivity contribution is -0.116. The second kappa shape index (κ2) is 8.16. The van der Waals surface area contributed by atoms with Crippen LogP contribution >= 0.6 is 0 Å². The Morgan fingerprint density at radius 1 is 1.15 bits per heavy atom. The largest absolute Gasteiger partial charge is 0.506 e. The van der Waals surface area contributed by atoms with Gasteiger partial charge in [0, 0.05) is 6.42 Å². The van der Waals surface area contributed by atoms with Gasteiger partial charge in [-0.15, -0.1) is 0 Å². The van der Waals surface area contributed by atoms with Gasteiger partial charge >= 0.3 is 5.97 Å². The Balaban J connectivity index is 2.49. The Hall–Kier alpha value is -2.08. The maximum Gasteiger partial charge on any atom is 0.335 e. The molecule has 0 aromatic heterocycles. The van der Waals surface area contributed by atoms with E-state index in [0.717, 1.165) is 25.7 Å². The number of carboxylic acid groups (broad SMARTS) is 1. The van der Waals surface area contributed by atoms with Crippen LogP contribution in [0.15, 0.2) is 18.2 Å². The molecule has 1 rings (SSSR count). The smallest absolute Gasteiger partial charge is 0.335 e. The fourth-order valence-corrected chi connectivity index (χ4v) is 1.77. The number of nitrogens with one attached hydrogen (secondary N) is 1. The minimum Gasteiger partial charge on any atom is -0.506 e. The number of hydrogen-bond acceptors (Lipinski definition) is 4. The van der Waals surface area contributed by atoms with Crippen molar-refractivity contribution < 1.29 is 19.8 Å². The molecule has 110 valence electrons. The molecule has 0 aliphatic heterocycles. The van der Waals surface area contributed by atoms with E-state index < -0.39 is 5.97 Å². The van der Waals surface area contributed by atoms with Crippen LogP contribution in [0.5, 0.6) is 5.75 Å². The van der Waals surface area contributed by atoms with Gasteiger partial charge in [0.2, 0.25) is 5.91 Å². The fraction of sp³-hybridized carbons (Fsp3) is 0.429. The summed E-state index contributed by atoms with van der Waals surface area (Å²) in [4.78, 5) is 22.5. The molecule has 0 unspecified atom stereocenters. The SMILES string of the molecule is NCCCCCCC(=O)Nc1cc(C(=O)O)ccc1O. The number of carbonyl (C=O) groups excluding carboxylic acids is 1. The molecule has 0 fully saturated rings. The molecule has 0 saturated carbocycles. The molecular weight excluding hydrogens is 260 g/mol. The van der Waals surface area contributed by atoms with Crippen LogP contribution in [0.4, 0.5) is 5.69 Å². The minimum atomic E-state index is -1.11. The third-order valence-electron chi connectivity index (χ3n) is 2.88. The Labute approximate surface area is 117 Å². The molecule has 6 nitrogen and oxygen atoms in total. The van der Waals surface area contributed by atoms with Crippen LogP contribution in [0.1, 0.15) is 42.5 Å². The van der Waals surface area contributed by atoms with Crippen LogP contribution in [0.3, 0.4) is 0 Å². The average Bonchev–Trinajstić information content (AvgIpc) is 2.40. The first-order chi connectivity index (χ1) is 9.54. The lowest BCUT2D eigenvalue weighted by Crippen LogP contribution is -2.12. The zero-order valence-electron chi connectivity index (χ0n) is 11.3. The standard InChI is InChI=1S/C14H20N2O4/c15-8-4-2-1-3-5-13(18)16-11-9-10(14(19)20)6-7-12(11)17/h6-7,9,17H,1-5,8,15H2,(H,16,18)(H,19,20). The van der Waals surface area contributed by atoms with Crippen LogP contribution < -0.4 is 11.1 Å². The number of anilines is 1. The first kappa shape index (κ1) is 16.0. The average molecular weight is 280 g/mol. The second-order valence-corrected chi connectivity index (χ2v) is 4.54. The zero-order valence-corrected chi connectivity index (χ0v) is 11.3. The predicted octanol–water partition coefficient (Wildman–Crippen LogP) is 1.94.